The Balaban J connectivity index is 1.53. The summed E-state index contributed by atoms with van der Waals surface area (Å²) in [6.07, 6.45) is 2.68. The molecule has 3 aromatic rings. The number of hydrogen-bond acceptors (Lipinski definition) is 7. The third-order valence-electron chi connectivity index (χ3n) is 5.66. The minimum atomic E-state index is -0.599. The molecule has 2 amide bonds. The number of hydrogen-bond donors (Lipinski definition) is 1. The summed E-state index contributed by atoms with van der Waals surface area (Å²) in [6.45, 7) is 6.52. The van der Waals surface area contributed by atoms with Gasteiger partial charge in [-0.1, -0.05) is 6.07 Å². The van der Waals surface area contributed by atoms with Gasteiger partial charge in [0.25, 0.3) is 5.91 Å². The SMILES string of the molecule is CC(C)(C)OC(=O)N[C@@H]1CCCN(C(=O)c2cc(OCc3ccccn3)n(-c3ccc(C#N)cc3)n2)C1. The second-order valence-corrected chi connectivity index (χ2v) is 9.78. The molecule has 192 valence electrons. The summed E-state index contributed by atoms with van der Waals surface area (Å²) in [5.41, 5.74) is 1.52. The maximum absolute atomic E-state index is 13.4. The highest BCUT2D eigenvalue weighted by molar-refractivity contribution is 5.93. The molecule has 10 nitrogen and oxygen atoms in total. The van der Waals surface area contributed by atoms with Crippen LogP contribution >= 0.6 is 0 Å². The summed E-state index contributed by atoms with van der Waals surface area (Å²) in [6, 6.07) is 15.9. The molecule has 37 heavy (non-hydrogen) atoms. The number of rotatable bonds is 6. The first kappa shape index (κ1) is 25.7. The van der Waals surface area contributed by atoms with Crippen LogP contribution in [0.25, 0.3) is 5.69 Å². The lowest BCUT2D eigenvalue weighted by atomic mass is 10.1. The molecule has 0 saturated carbocycles. The minimum absolute atomic E-state index is 0.196. The van der Waals surface area contributed by atoms with Crippen LogP contribution in [0.4, 0.5) is 4.79 Å². The Hall–Kier alpha value is -4.39. The molecule has 0 spiro atoms. The lowest BCUT2D eigenvalue weighted by Gasteiger charge is -2.33. The molecule has 2 aromatic heterocycles. The molecular formula is C27H30N6O4. The van der Waals surface area contributed by atoms with Gasteiger partial charge in [-0.05, 0) is 70.0 Å². The van der Waals surface area contributed by atoms with Gasteiger partial charge in [0.05, 0.1) is 23.0 Å². The predicted molar refractivity (Wildman–Crippen MR) is 135 cm³/mol. The minimum Gasteiger partial charge on any atom is -0.471 e. The molecule has 0 radical (unpaired) electrons. The highest BCUT2D eigenvalue weighted by Crippen LogP contribution is 2.23. The number of nitrogens with zero attached hydrogens (tertiary/aromatic N) is 5. The summed E-state index contributed by atoms with van der Waals surface area (Å²) in [4.78, 5) is 31.6. The van der Waals surface area contributed by atoms with Gasteiger partial charge >= 0.3 is 6.09 Å². The van der Waals surface area contributed by atoms with E-state index in [0.717, 1.165) is 18.5 Å². The zero-order valence-electron chi connectivity index (χ0n) is 21.2. The number of alkyl carbamates (subject to hydrolysis) is 1. The molecule has 1 aliphatic rings. The second kappa shape index (κ2) is 11.1. The summed E-state index contributed by atoms with van der Waals surface area (Å²) in [5, 5.41) is 16.5. The number of carbonyl (C=O) groups excluding carboxylic acids is 2. The first-order chi connectivity index (χ1) is 17.7. The van der Waals surface area contributed by atoms with Gasteiger partial charge in [0.15, 0.2) is 5.69 Å². The van der Waals surface area contributed by atoms with Crippen LogP contribution in [0, 0.1) is 11.3 Å². The molecular weight excluding hydrogens is 472 g/mol. The van der Waals surface area contributed by atoms with Crippen LogP contribution in [0.3, 0.4) is 0 Å². The molecule has 10 heteroatoms. The Morgan fingerprint density at radius 1 is 1.19 bits per heavy atom. The molecule has 1 saturated heterocycles. The van der Waals surface area contributed by atoms with Gasteiger partial charge in [0.2, 0.25) is 5.88 Å². The van der Waals surface area contributed by atoms with E-state index >= 15 is 0 Å². The van der Waals surface area contributed by atoms with Gasteiger partial charge < -0.3 is 19.7 Å². The van der Waals surface area contributed by atoms with Crippen molar-refractivity contribution in [3.63, 3.8) is 0 Å². The Kier molecular flexibility index (Phi) is 7.72. The lowest BCUT2D eigenvalue weighted by molar-refractivity contribution is 0.0451. The fraction of sp³-hybridized carbons (Fsp3) is 0.370. The number of piperidine rings is 1. The van der Waals surface area contributed by atoms with Crippen LogP contribution in [0.15, 0.2) is 54.7 Å². The van der Waals surface area contributed by atoms with E-state index < -0.39 is 11.7 Å². The summed E-state index contributed by atoms with van der Waals surface area (Å²) in [5.74, 6) is 0.116. The van der Waals surface area contributed by atoms with Crippen molar-refractivity contribution in [2.45, 2.75) is 51.9 Å². The Bertz CT molecular complexity index is 1270. The monoisotopic (exact) mass is 502 g/mol. The van der Waals surface area contributed by atoms with E-state index in [1.54, 1.807) is 62.2 Å². The molecule has 1 fully saturated rings. The van der Waals surface area contributed by atoms with E-state index in [2.05, 4.69) is 21.5 Å². The summed E-state index contributed by atoms with van der Waals surface area (Å²) < 4.78 is 12.9. The van der Waals surface area contributed by atoms with Crippen LogP contribution in [0.2, 0.25) is 0 Å². The highest BCUT2D eigenvalue weighted by Gasteiger charge is 2.29. The maximum Gasteiger partial charge on any atom is 0.407 e. The van der Waals surface area contributed by atoms with Crippen molar-refractivity contribution >= 4 is 12.0 Å². The second-order valence-electron chi connectivity index (χ2n) is 9.78. The van der Waals surface area contributed by atoms with Gasteiger partial charge in [-0.25, -0.2) is 9.48 Å². The molecule has 1 atom stereocenters. The van der Waals surface area contributed by atoms with Crippen molar-refractivity contribution in [1.82, 2.24) is 25.0 Å². The Labute approximate surface area is 215 Å². The van der Waals surface area contributed by atoms with Crippen molar-refractivity contribution in [2.24, 2.45) is 0 Å². The van der Waals surface area contributed by atoms with Crippen molar-refractivity contribution in [1.29, 1.82) is 5.26 Å². The highest BCUT2D eigenvalue weighted by atomic mass is 16.6. The van der Waals surface area contributed by atoms with E-state index in [9.17, 15) is 9.59 Å². The average molecular weight is 503 g/mol. The van der Waals surface area contributed by atoms with E-state index in [1.165, 1.54) is 4.68 Å². The van der Waals surface area contributed by atoms with Crippen LogP contribution in [-0.4, -0.2) is 56.4 Å². The van der Waals surface area contributed by atoms with Crippen LogP contribution in [0.1, 0.15) is 55.4 Å². The van der Waals surface area contributed by atoms with Crippen molar-refractivity contribution in [2.75, 3.05) is 13.1 Å². The zero-order valence-corrected chi connectivity index (χ0v) is 21.2. The fourth-order valence-corrected chi connectivity index (χ4v) is 3.98. The molecule has 0 aliphatic carbocycles. The normalized spacial score (nSPS) is 15.5. The molecule has 1 aromatic carbocycles. The van der Waals surface area contributed by atoms with Crippen molar-refractivity contribution in [3.8, 4) is 17.6 Å². The fourth-order valence-electron chi connectivity index (χ4n) is 3.98. The standard InChI is InChI=1S/C27H30N6O4/c1-27(2,3)37-26(35)30-20-8-6-14-32(17-20)25(34)23-15-24(36-18-21-7-4-5-13-29-21)33(31-23)22-11-9-19(16-28)10-12-22/h4-5,7,9-13,15,20H,6,8,14,17-18H2,1-3H3,(H,30,35)/t20-/m1/s1. The maximum atomic E-state index is 13.4. The number of nitriles is 1. The smallest absolute Gasteiger partial charge is 0.407 e. The van der Waals surface area contributed by atoms with Gasteiger partial charge in [-0.15, -0.1) is 0 Å². The molecule has 4 rings (SSSR count). The summed E-state index contributed by atoms with van der Waals surface area (Å²) >= 11 is 0. The third kappa shape index (κ3) is 6.85. The number of nitrogens with one attached hydrogen (secondary N) is 1. The van der Waals surface area contributed by atoms with Crippen molar-refractivity contribution < 1.29 is 19.1 Å². The van der Waals surface area contributed by atoms with E-state index in [-0.39, 0.29) is 24.2 Å². The van der Waals surface area contributed by atoms with Crippen LogP contribution in [0.5, 0.6) is 5.88 Å². The van der Waals surface area contributed by atoms with Gasteiger partial charge in [-0.3, -0.25) is 9.78 Å². The summed E-state index contributed by atoms with van der Waals surface area (Å²) in [7, 11) is 0. The Morgan fingerprint density at radius 2 is 1.97 bits per heavy atom. The van der Waals surface area contributed by atoms with E-state index in [0.29, 0.717) is 30.2 Å². The average Bonchev–Trinajstić information content (AvgIpc) is 3.31. The molecule has 3 heterocycles. The molecule has 1 aliphatic heterocycles. The quantitative estimate of drug-likeness (QED) is 0.543. The topological polar surface area (TPSA) is 122 Å². The van der Waals surface area contributed by atoms with E-state index in [4.69, 9.17) is 14.7 Å². The number of ether oxygens (including phenoxy) is 2. The number of pyridine rings is 1. The molecule has 1 N–H and O–H groups in total. The number of benzene rings is 1. The van der Waals surface area contributed by atoms with E-state index in [1.807, 2.05) is 18.2 Å². The van der Waals surface area contributed by atoms with Gasteiger partial charge in [0.1, 0.15) is 12.2 Å². The number of aromatic nitrogens is 3. The largest absolute Gasteiger partial charge is 0.471 e. The van der Waals surface area contributed by atoms with Crippen LogP contribution in [-0.2, 0) is 11.3 Å². The van der Waals surface area contributed by atoms with Gasteiger partial charge in [-0.2, -0.15) is 10.4 Å². The van der Waals surface area contributed by atoms with Crippen LogP contribution < -0.4 is 10.1 Å². The Morgan fingerprint density at radius 3 is 2.65 bits per heavy atom. The predicted octanol–water partition coefficient (Wildman–Crippen LogP) is 3.85. The van der Waals surface area contributed by atoms with Gasteiger partial charge in [0, 0.05) is 31.4 Å². The molecule has 0 unspecified atom stereocenters. The first-order valence-corrected chi connectivity index (χ1v) is 12.1. The third-order valence-corrected chi connectivity index (χ3v) is 5.66. The molecule has 0 bridgehead atoms. The van der Waals surface area contributed by atoms with Crippen molar-refractivity contribution in [3.05, 3.63) is 71.7 Å². The first-order valence-electron chi connectivity index (χ1n) is 12.1. The zero-order chi connectivity index (χ0) is 26.4. The number of carbonyl (C=O) groups is 2. The number of likely N-dealkylation sites (tertiary alicyclic amines) is 1. The number of amides is 2. The lowest BCUT2D eigenvalue weighted by Crippen LogP contribution is -2.50.